The van der Waals surface area contributed by atoms with E-state index >= 15 is 0 Å². The molecule has 23 heavy (non-hydrogen) atoms. The molecule has 0 aliphatic carbocycles. The van der Waals surface area contributed by atoms with Crippen molar-refractivity contribution in [2.75, 3.05) is 0 Å². The second-order valence-corrected chi connectivity index (χ2v) is 5.72. The van der Waals surface area contributed by atoms with E-state index in [1.807, 2.05) is 12.1 Å². The van der Waals surface area contributed by atoms with Crippen molar-refractivity contribution in [2.24, 2.45) is 10.8 Å². The fraction of sp³-hybridized carbons (Fsp3) is 0.118. The molecular weight excluding hydrogens is 306 g/mol. The van der Waals surface area contributed by atoms with Crippen molar-refractivity contribution < 1.29 is 0 Å². The van der Waals surface area contributed by atoms with Crippen molar-refractivity contribution in [3.05, 3.63) is 59.5 Å². The van der Waals surface area contributed by atoms with Crippen molar-refractivity contribution in [1.29, 1.82) is 0 Å². The summed E-state index contributed by atoms with van der Waals surface area (Å²) in [6.07, 6.45) is 3.53. The number of hydrogen-bond acceptors (Lipinski definition) is 3. The molecule has 6 heteroatoms. The maximum Gasteiger partial charge on any atom is 0.184 e. The highest BCUT2D eigenvalue weighted by molar-refractivity contribution is 7.80. The number of thiocarbonyl (C=S) groups is 1. The van der Waals surface area contributed by atoms with Gasteiger partial charge >= 0.3 is 0 Å². The third kappa shape index (κ3) is 3.07. The van der Waals surface area contributed by atoms with Crippen molar-refractivity contribution >= 4 is 34.4 Å². The summed E-state index contributed by atoms with van der Waals surface area (Å²) in [5, 5.41) is 5.30. The Hall–Kier alpha value is -2.73. The minimum absolute atomic E-state index is 0.150. The van der Waals surface area contributed by atoms with Crippen molar-refractivity contribution in [1.82, 2.24) is 15.0 Å². The monoisotopic (exact) mass is 323 g/mol. The number of hydrogen-bond donors (Lipinski definition) is 2. The van der Waals surface area contributed by atoms with E-state index in [1.165, 1.54) is 0 Å². The Labute approximate surface area is 139 Å². The molecule has 0 aliphatic rings. The van der Waals surface area contributed by atoms with E-state index in [2.05, 4.69) is 58.2 Å². The lowest BCUT2D eigenvalue weighted by molar-refractivity contribution is 0.965. The van der Waals surface area contributed by atoms with Gasteiger partial charge in [-0.2, -0.15) is 5.10 Å². The lowest BCUT2D eigenvalue weighted by Gasteiger charge is -2.10. The first-order valence-electron chi connectivity index (χ1n) is 7.19. The molecule has 116 valence electrons. The normalized spacial score (nSPS) is 11.2. The van der Waals surface area contributed by atoms with Gasteiger partial charge in [-0.1, -0.05) is 6.07 Å². The molecule has 0 spiro atoms. The summed E-state index contributed by atoms with van der Waals surface area (Å²) in [5.74, 6) is 0. The third-order valence-corrected chi connectivity index (χ3v) is 3.78. The molecule has 0 saturated heterocycles. The molecule has 0 bridgehead atoms. The molecule has 0 amide bonds. The number of hydrazone groups is 1. The van der Waals surface area contributed by atoms with Crippen LogP contribution in [0.15, 0.2) is 47.7 Å². The summed E-state index contributed by atoms with van der Waals surface area (Å²) in [4.78, 5) is 4.36. The van der Waals surface area contributed by atoms with Crippen LogP contribution in [0, 0.1) is 13.8 Å². The van der Waals surface area contributed by atoms with E-state index in [1.54, 1.807) is 12.4 Å². The first-order chi connectivity index (χ1) is 11.1. The Morgan fingerprint density at radius 1 is 1.30 bits per heavy atom. The van der Waals surface area contributed by atoms with Crippen LogP contribution in [-0.2, 0) is 0 Å². The predicted octanol–water partition coefficient (Wildman–Crippen LogP) is 2.81. The van der Waals surface area contributed by atoms with Crippen LogP contribution in [0.25, 0.3) is 16.6 Å². The zero-order chi connectivity index (χ0) is 16.4. The summed E-state index contributed by atoms with van der Waals surface area (Å²) >= 11 is 4.74. The van der Waals surface area contributed by atoms with Gasteiger partial charge in [0.05, 0.1) is 11.7 Å². The Kier molecular flexibility index (Phi) is 4.08. The van der Waals surface area contributed by atoms with Crippen LogP contribution in [0.2, 0.25) is 0 Å². The number of benzene rings is 1. The number of nitrogens with two attached hydrogens (primary N) is 1. The van der Waals surface area contributed by atoms with E-state index in [0.717, 1.165) is 33.5 Å². The van der Waals surface area contributed by atoms with E-state index in [0.29, 0.717) is 0 Å². The third-order valence-electron chi connectivity index (χ3n) is 3.69. The van der Waals surface area contributed by atoms with Crippen LogP contribution in [0.1, 0.15) is 17.0 Å². The molecule has 2 heterocycles. The number of nitrogens with one attached hydrogen (secondary N) is 1. The average molecular weight is 323 g/mol. The smallest absolute Gasteiger partial charge is 0.184 e. The number of aromatic nitrogens is 2. The van der Waals surface area contributed by atoms with Crippen LogP contribution in [-0.4, -0.2) is 20.9 Å². The SMILES string of the molecule is Cc1cc(/C=N/NC(N)=S)c(C)n1-c1ccc2ncccc2c1. The molecule has 3 aromatic rings. The van der Waals surface area contributed by atoms with Gasteiger partial charge in [0, 0.05) is 34.2 Å². The summed E-state index contributed by atoms with van der Waals surface area (Å²) in [6, 6.07) is 12.3. The number of fused-ring (bicyclic) bond motifs is 1. The molecule has 3 rings (SSSR count). The van der Waals surface area contributed by atoms with Crippen LogP contribution in [0.3, 0.4) is 0 Å². The Morgan fingerprint density at radius 3 is 2.91 bits per heavy atom. The standard InChI is InChI=1S/C17H17N5S/c1-11-8-14(10-20-21-17(18)23)12(2)22(11)15-5-6-16-13(9-15)4-3-7-19-16/h3-10H,1-2H3,(H3,18,21,23)/b20-10+. The van der Waals surface area contributed by atoms with Gasteiger partial charge in [0.15, 0.2) is 5.11 Å². The average Bonchev–Trinajstić information content (AvgIpc) is 2.81. The summed E-state index contributed by atoms with van der Waals surface area (Å²) < 4.78 is 2.19. The van der Waals surface area contributed by atoms with E-state index in [-0.39, 0.29) is 5.11 Å². The van der Waals surface area contributed by atoms with Gasteiger partial charge in [-0.25, -0.2) is 0 Å². The molecule has 0 radical (unpaired) electrons. The highest BCUT2D eigenvalue weighted by Gasteiger charge is 2.10. The van der Waals surface area contributed by atoms with Crippen LogP contribution >= 0.6 is 12.2 Å². The minimum Gasteiger partial charge on any atom is -0.375 e. The first kappa shape index (κ1) is 15.2. The van der Waals surface area contributed by atoms with Crippen LogP contribution in [0.5, 0.6) is 0 Å². The maximum absolute atomic E-state index is 5.37. The first-order valence-corrected chi connectivity index (χ1v) is 7.59. The molecule has 2 aromatic heterocycles. The second-order valence-electron chi connectivity index (χ2n) is 5.28. The van der Waals surface area contributed by atoms with Crippen molar-refractivity contribution in [2.45, 2.75) is 13.8 Å². The van der Waals surface area contributed by atoms with E-state index in [4.69, 9.17) is 18.0 Å². The van der Waals surface area contributed by atoms with Gasteiger partial charge in [-0.15, -0.1) is 0 Å². The summed E-state index contributed by atoms with van der Waals surface area (Å²) in [5.41, 5.74) is 13.3. The van der Waals surface area contributed by atoms with Crippen molar-refractivity contribution in [3.8, 4) is 5.69 Å². The summed E-state index contributed by atoms with van der Waals surface area (Å²) in [6.45, 7) is 4.13. The lowest BCUT2D eigenvalue weighted by atomic mass is 10.2. The largest absolute Gasteiger partial charge is 0.375 e. The Balaban J connectivity index is 2.03. The van der Waals surface area contributed by atoms with Crippen molar-refractivity contribution in [3.63, 3.8) is 0 Å². The molecular formula is C17H17N5S. The molecule has 0 unspecified atom stereocenters. The molecule has 0 atom stereocenters. The zero-order valence-corrected chi connectivity index (χ0v) is 13.8. The zero-order valence-electron chi connectivity index (χ0n) is 12.9. The highest BCUT2D eigenvalue weighted by atomic mass is 32.1. The highest BCUT2D eigenvalue weighted by Crippen LogP contribution is 2.22. The molecule has 0 saturated carbocycles. The number of pyridine rings is 1. The molecule has 0 aliphatic heterocycles. The van der Waals surface area contributed by atoms with E-state index in [9.17, 15) is 0 Å². The molecule has 3 N–H and O–H groups in total. The number of rotatable bonds is 3. The quantitative estimate of drug-likeness (QED) is 0.442. The van der Waals surface area contributed by atoms with Gasteiger partial charge in [0.25, 0.3) is 0 Å². The predicted molar refractivity (Wildman–Crippen MR) is 98.1 cm³/mol. The molecule has 5 nitrogen and oxygen atoms in total. The second kappa shape index (κ2) is 6.18. The molecule has 0 fully saturated rings. The van der Waals surface area contributed by atoms with Gasteiger partial charge < -0.3 is 10.3 Å². The van der Waals surface area contributed by atoms with Gasteiger partial charge in [-0.3, -0.25) is 10.4 Å². The van der Waals surface area contributed by atoms with Crippen LogP contribution < -0.4 is 11.2 Å². The Morgan fingerprint density at radius 2 is 2.13 bits per heavy atom. The van der Waals surface area contributed by atoms with E-state index < -0.39 is 0 Å². The fourth-order valence-corrected chi connectivity index (χ4v) is 2.74. The fourth-order valence-electron chi connectivity index (χ4n) is 2.68. The Bertz CT molecular complexity index is 910. The molecule has 1 aromatic carbocycles. The van der Waals surface area contributed by atoms with Gasteiger partial charge in [-0.05, 0) is 56.4 Å². The minimum atomic E-state index is 0.150. The van der Waals surface area contributed by atoms with Crippen LogP contribution in [0.4, 0.5) is 0 Å². The topological polar surface area (TPSA) is 68.2 Å². The van der Waals surface area contributed by atoms with Gasteiger partial charge in [0.1, 0.15) is 0 Å². The lowest BCUT2D eigenvalue weighted by Crippen LogP contribution is -2.24. The summed E-state index contributed by atoms with van der Waals surface area (Å²) in [7, 11) is 0. The van der Waals surface area contributed by atoms with Gasteiger partial charge in [0.2, 0.25) is 0 Å². The number of nitrogens with zero attached hydrogens (tertiary/aromatic N) is 3. The maximum atomic E-state index is 5.37. The number of aryl methyl sites for hydroxylation is 1.